The molecule has 0 aromatic carbocycles. The molecule has 0 saturated carbocycles. The third-order valence-electron chi connectivity index (χ3n) is 2.69. The molecule has 0 radical (unpaired) electrons. The minimum atomic E-state index is -1.08. The van der Waals surface area contributed by atoms with Crippen LogP contribution in [0.15, 0.2) is 11.6 Å². The van der Waals surface area contributed by atoms with E-state index in [9.17, 15) is 4.79 Å². The Balaban J connectivity index is 2.60. The van der Waals surface area contributed by atoms with Gasteiger partial charge in [0.1, 0.15) is 0 Å². The van der Waals surface area contributed by atoms with E-state index >= 15 is 0 Å². The number of hydrogen-bond donors (Lipinski definition) is 0. The molecular formula is C12H22O2Si. The summed E-state index contributed by atoms with van der Waals surface area (Å²) < 4.78 is 5.08. The van der Waals surface area contributed by atoms with E-state index in [1.165, 1.54) is 6.04 Å². The minimum absolute atomic E-state index is 0.0850. The SMILES string of the molecule is CCOC(=O)C1=CCCC1C[Si](C)(C)C. The van der Waals surface area contributed by atoms with Crippen molar-refractivity contribution < 1.29 is 9.53 Å². The summed E-state index contributed by atoms with van der Waals surface area (Å²) >= 11 is 0. The molecule has 3 heteroatoms. The van der Waals surface area contributed by atoms with Gasteiger partial charge in [-0.3, -0.25) is 0 Å². The fourth-order valence-electron chi connectivity index (χ4n) is 2.18. The van der Waals surface area contributed by atoms with Crippen molar-refractivity contribution in [1.29, 1.82) is 0 Å². The van der Waals surface area contributed by atoms with Crippen LogP contribution in [0, 0.1) is 5.92 Å². The first-order valence-corrected chi connectivity index (χ1v) is 9.52. The highest BCUT2D eigenvalue weighted by Crippen LogP contribution is 2.33. The van der Waals surface area contributed by atoms with Gasteiger partial charge < -0.3 is 4.74 Å². The van der Waals surface area contributed by atoms with Crippen molar-refractivity contribution in [3.05, 3.63) is 11.6 Å². The third-order valence-corrected chi connectivity index (χ3v) is 4.41. The largest absolute Gasteiger partial charge is 0.463 e. The van der Waals surface area contributed by atoms with Crippen LogP contribution in [0.1, 0.15) is 19.8 Å². The van der Waals surface area contributed by atoms with Gasteiger partial charge in [0.05, 0.1) is 6.61 Å². The first-order valence-electron chi connectivity index (χ1n) is 5.81. The lowest BCUT2D eigenvalue weighted by molar-refractivity contribution is -0.139. The zero-order chi connectivity index (χ0) is 11.5. The summed E-state index contributed by atoms with van der Waals surface area (Å²) in [5.41, 5.74) is 0.944. The summed E-state index contributed by atoms with van der Waals surface area (Å²) in [6, 6.07) is 1.21. The molecule has 0 heterocycles. The molecule has 0 aromatic heterocycles. The molecule has 0 fully saturated rings. The Bertz CT molecular complexity index is 263. The summed E-state index contributed by atoms with van der Waals surface area (Å²) in [6.45, 7) is 9.41. The molecule has 1 unspecified atom stereocenters. The molecule has 0 aliphatic heterocycles. The van der Waals surface area contributed by atoms with Crippen LogP contribution in [-0.2, 0) is 9.53 Å². The number of esters is 1. The lowest BCUT2D eigenvalue weighted by atomic mass is 10.0. The van der Waals surface area contributed by atoms with Gasteiger partial charge in [0.2, 0.25) is 0 Å². The number of carbonyl (C=O) groups is 1. The quantitative estimate of drug-likeness (QED) is 0.543. The van der Waals surface area contributed by atoms with E-state index in [0.29, 0.717) is 12.5 Å². The predicted molar refractivity (Wildman–Crippen MR) is 65.6 cm³/mol. The van der Waals surface area contributed by atoms with Gasteiger partial charge in [-0.1, -0.05) is 31.8 Å². The average Bonchev–Trinajstić information content (AvgIpc) is 2.49. The molecule has 0 aromatic rings. The first kappa shape index (κ1) is 12.5. The molecule has 0 amide bonds. The average molecular weight is 226 g/mol. The van der Waals surface area contributed by atoms with Crippen LogP contribution in [-0.4, -0.2) is 20.7 Å². The number of carbonyl (C=O) groups excluding carboxylic acids is 1. The second-order valence-corrected chi connectivity index (χ2v) is 10.9. The molecular weight excluding hydrogens is 204 g/mol. The Morgan fingerprint density at radius 2 is 2.20 bits per heavy atom. The monoisotopic (exact) mass is 226 g/mol. The van der Waals surface area contributed by atoms with E-state index in [-0.39, 0.29) is 5.97 Å². The maximum atomic E-state index is 11.7. The molecule has 2 nitrogen and oxygen atoms in total. The molecule has 1 rings (SSSR count). The molecule has 1 aliphatic carbocycles. The molecule has 0 N–H and O–H groups in total. The first-order chi connectivity index (χ1) is 6.94. The molecule has 1 aliphatic rings. The smallest absolute Gasteiger partial charge is 0.333 e. The van der Waals surface area contributed by atoms with Crippen molar-refractivity contribution in [2.75, 3.05) is 6.61 Å². The van der Waals surface area contributed by atoms with Gasteiger partial charge in [-0.25, -0.2) is 4.79 Å². The van der Waals surface area contributed by atoms with E-state index in [1.807, 2.05) is 6.92 Å². The van der Waals surface area contributed by atoms with Crippen molar-refractivity contribution in [2.24, 2.45) is 5.92 Å². The van der Waals surface area contributed by atoms with E-state index in [1.54, 1.807) is 0 Å². The van der Waals surface area contributed by atoms with Gasteiger partial charge in [-0.2, -0.15) is 0 Å². The normalized spacial score (nSPS) is 21.3. The maximum Gasteiger partial charge on any atom is 0.333 e. The van der Waals surface area contributed by atoms with Crippen LogP contribution >= 0.6 is 0 Å². The van der Waals surface area contributed by atoms with Crippen LogP contribution in [0.4, 0.5) is 0 Å². The number of rotatable bonds is 4. The summed E-state index contributed by atoms with van der Waals surface area (Å²) in [4.78, 5) is 11.7. The van der Waals surface area contributed by atoms with Gasteiger partial charge in [0.25, 0.3) is 0 Å². The van der Waals surface area contributed by atoms with Crippen LogP contribution in [0.2, 0.25) is 25.7 Å². The van der Waals surface area contributed by atoms with Gasteiger partial charge >= 0.3 is 5.97 Å². The van der Waals surface area contributed by atoms with Crippen LogP contribution in [0.25, 0.3) is 0 Å². The zero-order valence-corrected chi connectivity index (χ0v) is 11.3. The van der Waals surface area contributed by atoms with Gasteiger partial charge in [-0.05, 0) is 25.7 Å². The van der Waals surface area contributed by atoms with Gasteiger partial charge in [0, 0.05) is 13.6 Å². The summed E-state index contributed by atoms with van der Waals surface area (Å²) in [5, 5.41) is 0. The molecule has 86 valence electrons. The Kier molecular flexibility index (Phi) is 4.14. The van der Waals surface area contributed by atoms with Gasteiger partial charge in [-0.15, -0.1) is 0 Å². The molecule has 15 heavy (non-hydrogen) atoms. The molecule has 0 saturated heterocycles. The standard InChI is InChI=1S/C12H22O2Si/c1-5-14-12(13)11-8-6-7-10(11)9-15(2,3)4/h8,10H,5-7,9H2,1-4H3. The second-order valence-electron chi connectivity index (χ2n) is 5.42. The Morgan fingerprint density at radius 1 is 1.53 bits per heavy atom. The predicted octanol–water partition coefficient (Wildman–Crippen LogP) is 3.22. The third kappa shape index (κ3) is 3.82. The highest BCUT2D eigenvalue weighted by Gasteiger charge is 2.30. The summed E-state index contributed by atoms with van der Waals surface area (Å²) in [6.07, 6.45) is 4.25. The van der Waals surface area contributed by atoms with Crippen LogP contribution < -0.4 is 0 Å². The zero-order valence-electron chi connectivity index (χ0n) is 10.3. The molecule has 1 atom stereocenters. The van der Waals surface area contributed by atoms with Crippen molar-refractivity contribution in [2.45, 2.75) is 45.5 Å². The molecule has 0 spiro atoms. The van der Waals surface area contributed by atoms with Crippen molar-refractivity contribution >= 4 is 14.0 Å². The fourth-order valence-corrected chi connectivity index (χ4v) is 4.08. The van der Waals surface area contributed by atoms with Gasteiger partial charge in [0.15, 0.2) is 0 Å². The summed E-state index contributed by atoms with van der Waals surface area (Å²) in [7, 11) is -1.08. The fraction of sp³-hybridized carbons (Fsp3) is 0.750. The summed E-state index contributed by atoms with van der Waals surface area (Å²) in [5.74, 6) is 0.383. The van der Waals surface area contributed by atoms with E-state index in [2.05, 4.69) is 25.7 Å². The highest BCUT2D eigenvalue weighted by atomic mass is 28.3. The second kappa shape index (κ2) is 4.97. The number of hydrogen-bond acceptors (Lipinski definition) is 2. The topological polar surface area (TPSA) is 26.3 Å². The molecule has 0 bridgehead atoms. The lowest BCUT2D eigenvalue weighted by Gasteiger charge is -2.22. The van der Waals surface area contributed by atoms with Crippen molar-refractivity contribution in [3.63, 3.8) is 0 Å². The van der Waals surface area contributed by atoms with Crippen LogP contribution in [0.3, 0.4) is 0 Å². The van der Waals surface area contributed by atoms with E-state index in [4.69, 9.17) is 4.74 Å². The van der Waals surface area contributed by atoms with E-state index in [0.717, 1.165) is 18.4 Å². The number of ether oxygens (including phenoxy) is 1. The van der Waals surface area contributed by atoms with Crippen molar-refractivity contribution in [3.8, 4) is 0 Å². The maximum absolute atomic E-state index is 11.7. The highest BCUT2D eigenvalue weighted by molar-refractivity contribution is 6.76. The Hall–Kier alpha value is -0.573. The van der Waals surface area contributed by atoms with Crippen LogP contribution in [0.5, 0.6) is 0 Å². The number of allylic oxidation sites excluding steroid dienone is 1. The Labute approximate surface area is 93.7 Å². The lowest BCUT2D eigenvalue weighted by Crippen LogP contribution is -2.25. The van der Waals surface area contributed by atoms with E-state index < -0.39 is 8.07 Å². The Morgan fingerprint density at radius 3 is 2.73 bits per heavy atom. The van der Waals surface area contributed by atoms with Crippen molar-refractivity contribution in [1.82, 2.24) is 0 Å². The minimum Gasteiger partial charge on any atom is -0.463 e.